The summed E-state index contributed by atoms with van der Waals surface area (Å²) < 4.78 is 10.5. The summed E-state index contributed by atoms with van der Waals surface area (Å²) in [7, 11) is 7.30. The monoisotopic (exact) mass is 371 g/mol. The molecular formula is C21H29N3O3. The summed E-state index contributed by atoms with van der Waals surface area (Å²) in [5.74, 6) is 1.34. The van der Waals surface area contributed by atoms with Crippen molar-refractivity contribution in [3.05, 3.63) is 48.0 Å². The number of likely N-dealkylation sites (N-methyl/N-ethyl adjacent to an activating group) is 1. The van der Waals surface area contributed by atoms with E-state index in [0.717, 1.165) is 30.0 Å². The van der Waals surface area contributed by atoms with Crippen LogP contribution in [0.2, 0.25) is 0 Å². The molecule has 0 fully saturated rings. The Morgan fingerprint density at radius 3 is 2.26 bits per heavy atom. The summed E-state index contributed by atoms with van der Waals surface area (Å²) in [6.45, 7) is 1.85. The Hall–Kier alpha value is -2.73. The first-order chi connectivity index (χ1) is 13.0. The minimum atomic E-state index is -0.0156. The molecular weight excluding hydrogens is 342 g/mol. The first kappa shape index (κ1) is 20.6. The van der Waals surface area contributed by atoms with Crippen molar-refractivity contribution in [1.82, 2.24) is 4.90 Å². The van der Waals surface area contributed by atoms with E-state index >= 15 is 0 Å². The second-order valence-electron chi connectivity index (χ2n) is 6.54. The van der Waals surface area contributed by atoms with Crippen molar-refractivity contribution in [3.63, 3.8) is 0 Å². The van der Waals surface area contributed by atoms with Crippen LogP contribution in [0.4, 0.5) is 11.4 Å². The molecule has 0 atom stereocenters. The van der Waals surface area contributed by atoms with Crippen molar-refractivity contribution in [2.24, 2.45) is 0 Å². The fraction of sp³-hybridized carbons (Fsp3) is 0.381. The van der Waals surface area contributed by atoms with Gasteiger partial charge >= 0.3 is 0 Å². The number of nitrogens with one attached hydrogen (secondary N) is 2. The molecule has 6 heteroatoms. The molecule has 146 valence electrons. The van der Waals surface area contributed by atoms with E-state index < -0.39 is 0 Å². The zero-order chi connectivity index (χ0) is 19.6. The predicted octanol–water partition coefficient (Wildman–Crippen LogP) is 3.25. The predicted molar refractivity (Wildman–Crippen MR) is 110 cm³/mol. The van der Waals surface area contributed by atoms with Crippen molar-refractivity contribution < 1.29 is 14.3 Å². The van der Waals surface area contributed by atoms with Gasteiger partial charge in [-0.15, -0.1) is 0 Å². The quantitative estimate of drug-likeness (QED) is 0.671. The van der Waals surface area contributed by atoms with E-state index in [1.807, 2.05) is 56.6 Å². The average molecular weight is 371 g/mol. The van der Waals surface area contributed by atoms with Gasteiger partial charge in [-0.2, -0.15) is 0 Å². The molecule has 0 aliphatic heterocycles. The Labute approximate surface area is 161 Å². The SMILES string of the molecule is COc1ccc(CCC(=O)Nc2ccc(NCCN(C)C)cc2)cc1OC. The number of ether oxygens (including phenoxy) is 2. The standard InChI is InChI=1S/C21H29N3O3/c1-24(2)14-13-22-17-7-9-18(10-8-17)23-21(25)12-6-16-5-11-19(26-3)20(15-16)27-4/h5,7-11,15,22H,6,12-14H2,1-4H3,(H,23,25). The fourth-order valence-corrected chi connectivity index (χ4v) is 2.61. The number of rotatable bonds is 10. The molecule has 27 heavy (non-hydrogen) atoms. The van der Waals surface area contributed by atoms with Crippen LogP contribution in [0.15, 0.2) is 42.5 Å². The lowest BCUT2D eigenvalue weighted by Crippen LogP contribution is -2.20. The fourth-order valence-electron chi connectivity index (χ4n) is 2.61. The summed E-state index contributed by atoms with van der Waals surface area (Å²) in [5.41, 5.74) is 2.87. The highest BCUT2D eigenvalue weighted by Crippen LogP contribution is 2.28. The van der Waals surface area contributed by atoms with E-state index in [-0.39, 0.29) is 5.91 Å². The summed E-state index contributed by atoms with van der Waals surface area (Å²) in [6, 6.07) is 13.5. The van der Waals surface area contributed by atoms with Gasteiger partial charge in [0.15, 0.2) is 11.5 Å². The summed E-state index contributed by atoms with van der Waals surface area (Å²) >= 11 is 0. The van der Waals surface area contributed by atoms with Crippen molar-refractivity contribution in [1.29, 1.82) is 0 Å². The molecule has 1 amide bonds. The minimum absolute atomic E-state index is 0.0156. The van der Waals surface area contributed by atoms with E-state index in [0.29, 0.717) is 24.3 Å². The van der Waals surface area contributed by atoms with Gasteiger partial charge in [0.1, 0.15) is 0 Å². The molecule has 0 bridgehead atoms. The number of carbonyl (C=O) groups excluding carboxylic acids is 1. The Morgan fingerprint density at radius 1 is 0.963 bits per heavy atom. The van der Waals surface area contributed by atoms with E-state index in [1.54, 1.807) is 14.2 Å². The largest absolute Gasteiger partial charge is 0.493 e. The Kier molecular flexibility index (Phi) is 7.95. The molecule has 0 aliphatic rings. The average Bonchev–Trinajstić information content (AvgIpc) is 2.67. The lowest BCUT2D eigenvalue weighted by molar-refractivity contribution is -0.116. The Morgan fingerprint density at radius 2 is 1.63 bits per heavy atom. The molecule has 0 radical (unpaired) electrons. The molecule has 0 aromatic heterocycles. The molecule has 0 unspecified atom stereocenters. The first-order valence-corrected chi connectivity index (χ1v) is 9.01. The maximum atomic E-state index is 12.2. The van der Waals surface area contributed by atoms with E-state index in [4.69, 9.17) is 9.47 Å². The van der Waals surface area contributed by atoms with Crippen LogP contribution >= 0.6 is 0 Å². The molecule has 2 aromatic carbocycles. The highest BCUT2D eigenvalue weighted by atomic mass is 16.5. The lowest BCUT2D eigenvalue weighted by atomic mass is 10.1. The number of benzene rings is 2. The molecule has 2 aromatic rings. The molecule has 0 saturated heterocycles. The second kappa shape index (κ2) is 10.4. The van der Waals surface area contributed by atoms with Crippen molar-refractivity contribution in [2.75, 3.05) is 52.0 Å². The van der Waals surface area contributed by atoms with Gasteiger partial charge in [0, 0.05) is 30.9 Å². The molecule has 2 rings (SSSR count). The number of anilines is 2. The third-order valence-corrected chi connectivity index (χ3v) is 4.15. The van der Waals surface area contributed by atoms with Gasteiger partial charge in [-0.25, -0.2) is 0 Å². The van der Waals surface area contributed by atoms with Crippen LogP contribution in [0.25, 0.3) is 0 Å². The van der Waals surface area contributed by atoms with Crippen molar-refractivity contribution in [2.45, 2.75) is 12.8 Å². The number of nitrogens with zero attached hydrogens (tertiary/aromatic N) is 1. The van der Waals surface area contributed by atoms with Gasteiger partial charge in [0.25, 0.3) is 0 Å². The van der Waals surface area contributed by atoms with Crippen LogP contribution < -0.4 is 20.1 Å². The Balaban J connectivity index is 1.81. The normalized spacial score (nSPS) is 10.6. The number of aryl methyl sites for hydroxylation is 1. The number of hydrogen-bond acceptors (Lipinski definition) is 5. The van der Waals surface area contributed by atoms with Crippen molar-refractivity contribution in [3.8, 4) is 11.5 Å². The van der Waals surface area contributed by atoms with Crippen LogP contribution in [0.1, 0.15) is 12.0 Å². The van der Waals surface area contributed by atoms with Crippen LogP contribution in [-0.4, -0.2) is 52.2 Å². The van der Waals surface area contributed by atoms with E-state index in [1.165, 1.54) is 0 Å². The number of methoxy groups -OCH3 is 2. The van der Waals surface area contributed by atoms with Crippen LogP contribution in [0.3, 0.4) is 0 Å². The lowest BCUT2D eigenvalue weighted by Gasteiger charge is -2.12. The minimum Gasteiger partial charge on any atom is -0.493 e. The van der Waals surface area contributed by atoms with Gasteiger partial charge in [-0.1, -0.05) is 6.07 Å². The zero-order valence-corrected chi connectivity index (χ0v) is 16.5. The van der Waals surface area contributed by atoms with Crippen LogP contribution in [-0.2, 0) is 11.2 Å². The number of carbonyl (C=O) groups is 1. The van der Waals surface area contributed by atoms with Gasteiger partial charge < -0.3 is 25.0 Å². The summed E-state index contributed by atoms with van der Waals surface area (Å²) in [6.07, 6.45) is 1.04. The van der Waals surface area contributed by atoms with Crippen LogP contribution in [0.5, 0.6) is 11.5 Å². The van der Waals surface area contributed by atoms with Gasteiger partial charge in [-0.3, -0.25) is 4.79 Å². The highest BCUT2D eigenvalue weighted by molar-refractivity contribution is 5.91. The molecule has 2 N–H and O–H groups in total. The van der Waals surface area contributed by atoms with E-state index in [9.17, 15) is 4.79 Å². The van der Waals surface area contributed by atoms with Gasteiger partial charge in [0.05, 0.1) is 14.2 Å². The molecule has 6 nitrogen and oxygen atoms in total. The molecule has 0 spiro atoms. The van der Waals surface area contributed by atoms with Crippen LogP contribution in [0, 0.1) is 0 Å². The molecule has 0 heterocycles. The maximum absolute atomic E-state index is 12.2. The smallest absolute Gasteiger partial charge is 0.224 e. The summed E-state index contributed by atoms with van der Waals surface area (Å²) in [4.78, 5) is 14.3. The molecule has 0 aliphatic carbocycles. The third kappa shape index (κ3) is 6.83. The molecule has 0 saturated carbocycles. The Bertz CT molecular complexity index is 730. The van der Waals surface area contributed by atoms with E-state index in [2.05, 4.69) is 15.5 Å². The number of amides is 1. The first-order valence-electron chi connectivity index (χ1n) is 9.01. The highest BCUT2D eigenvalue weighted by Gasteiger charge is 2.07. The maximum Gasteiger partial charge on any atom is 0.224 e. The number of hydrogen-bond donors (Lipinski definition) is 2. The van der Waals surface area contributed by atoms with Gasteiger partial charge in [-0.05, 0) is 62.5 Å². The van der Waals surface area contributed by atoms with Crippen molar-refractivity contribution >= 4 is 17.3 Å². The topological polar surface area (TPSA) is 62.8 Å². The third-order valence-electron chi connectivity index (χ3n) is 4.15. The second-order valence-corrected chi connectivity index (χ2v) is 6.54. The zero-order valence-electron chi connectivity index (χ0n) is 16.5. The summed E-state index contributed by atoms with van der Waals surface area (Å²) in [5, 5.41) is 6.28. The van der Waals surface area contributed by atoms with Gasteiger partial charge in [0.2, 0.25) is 5.91 Å².